The molecule has 2 aromatic rings. The van der Waals surface area contributed by atoms with Crippen LogP contribution < -0.4 is 11.1 Å². The Morgan fingerprint density at radius 3 is 2.85 bits per heavy atom. The van der Waals surface area contributed by atoms with Crippen LogP contribution in [-0.4, -0.2) is 36.8 Å². The quantitative estimate of drug-likeness (QED) is 0.266. The van der Waals surface area contributed by atoms with Gasteiger partial charge in [0.1, 0.15) is 11.6 Å². The lowest BCUT2D eigenvalue weighted by Crippen LogP contribution is -2.20. The summed E-state index contributed by atoms with van der Waals surface area (Å²) in [6.45, 7) is 0. The van der Waals surface area contributed by atoms with E-state index >= 15 is 0 Å². The van der Waals surface area contributed by atoms with Gasteiger partial charge in [0.15, 0.2) is 5.84 Å². The van der Waals surface area contributed by atoms with Crippen molar-refractivity contribution < 1.29 is 15.1 Å². The highest BCUT2D eigenvalue weighted by atomic mass is 16.4. The van der Waals surface area contributed by atoms with Crippen molar-refractivity contribution in [2.24, 2.45) is 17.9 Å². The largest absolute Gasteiger partial charge is 0.505 e. The van der Waals surface area contributed by atoms with E-state index in [-0.39, 0.29) is 28.5 Å². The number of pyridine rings is 1. The minimum absolute atomic E-state index is 0.0478. The zero-order valence-corrected chi connectivity index (χ0v) is 10.5. The van der Waals surface area contributed by atoms with Gasteiger partial charge in [0.2, 0.25) is 0 Å². The summed E-state index contributed by atoms with van der Waals surface area (Å²) in [7, 11) is 1.58. The number of aryl methyl sites for hydroxylation is 1. The molecule has 0 radical (unpaired) electrons. The third kappa shape index (κ3) is 2.36. The van der Waals surface area contributed by atoms with E-state index in [0.717, 1.165) is 6.20 Å². The lowest BCUT2D eigenvalue weighted by molar-refractivity contribution is 0.102. The number of carbonyl (C=O) groups excluding carboxylic acids is 1. The van der Waals surface area contributed by atoms with Gasteiger partial charge in [-0.1, -0.05) is 5.16 Å². The number of aromatic nitrogens is 3. The smallest absolute Gasteiger partial charge is 0.260 e. The summed E-state index contributed by atoms with van der Waals surface area (Å²) in [6, 6.07) is 1.37. The monoisotopic (exact) mass is 276 g/mol. The van der Waals surface area contributed by atoms with Crippen LogP contribution in [0.1, 0.15) is 15.9 Å². The molecule has 9 heteroatoms. The number of oxime groups is 1. The fourth-order valence-electron chi connectivity index (χ4n) is 1.58. The van der Waals surface area contributed by atoms with Crippen molar-refractivity contribution in [3.8, 4) is 5.75 Å². The van der Waals surface area contributed by atoms with Crippen molar-refractivity contribution in [2.75, 3.05) is 5.32 Å². The second kappa shape index (κ2) is 5.26. The Bertz CT molecular complexity index is 679. The Morgan fingerprint density at radius 1 is 1.45 bits per heavy atom. The van der Waals surface area contributed by atoms with Gasteiger partial charge >= 0.3 is 0 Å². The van der Waals surface area contributed by atoms with Gasteiger partial charge in [0.05, 0.1) is 23.5 Å². The van der Waals surface area contributed by atoms with Gasteiger partial charge in [-0.3, -0.25) is 14.5 Å². The molecule has 104 valence electrons. The van der Waals surface area contributed by atoms with Crippen molar-refractivity contribution in [1.29, 1.82) is 0 Å². The molecule has 0 aliphatic carbocycles. The fourth-order valence-corrected chi connectivity index (χ4v) is 1.58. The lowest BCUT2D eigenvalue weighted by Gasteiger charge is -2.08. The summed E-state index contributed by atoms with van der Waals surface area (Å²) in [5.41, 5.74) is 5.80. The Hall–Kier alpha value is -3.10. The van der Waals surface area contributed by atoms with Crippen molar-refractivity contribution in [3.05, 3.63) is 35.8 Å². The average Bonchev–Trinajstić information content (AvgIpc) is 2.80. The van der Waals surface area contributed by atoms with Crippen LogP contribution in [0.3, 0.4) is 0 Å². The van der Waals surface area contributed by atoms with E-state index in [1.54, 1.807) is 7.05 Å². The number of nitrogens with zero attached hydrogens (tertiary/aromatic N) is 4. The molecule has 0 atom stereocenters. The first-order chi connectivity index (χ1) is 9.54. The zero-order chi connectivity index (χ0) is 14.7. The molecule has 0 spiro atoms. The normalized spacial score (nSPS) is 11.3. The predicted octanol–water partition coefficient (Wildman–Crippen LogP) is -0.133. The number of nitrogens with one attached hydrogen (secondary N) is 1. The molecule has 9 nitrogen and oxygen atoms in total. The fraction of sp³-hybridized carbons (Fsp3) is 0.0909. The standard InChI is InChI=1S/C11H12N6O3/c1-17-10(7(4-14-17)9(12)16-20)15-11(19)6-2-3-13-5-8(6)18/h2-5,18,20H,1H3,(H2,12,16)(H,15,19). The van der Waals surface area contributed by atoms with E-state index in [4.69, 9.17) is 10.9 Å². The van der Waals surface area contributed by atoms with E-state index in [0.29, 0.717) is 0 Å². The summed E-state index contributed by atoms with van der Waals surface area (Å²) < 4.78 is 1.35. The Balaban J connectivity index is 2.34. The van der Waals surface area contributed by atoms with Gasteiger partial charge in [-0.25, -0.2) is 0 Å². The van der Waals surface area contributed by atoms with Gasteiger partial charge in [0, 0.05) is 13.2 Å². The number of carbonyl (C=O) groups is 1. The molecule has 0 aliphatic heterocycles. The number of rotatable bonds is 3. The van der Waals surface area contributed by atoms with E-state index < -0.39 is 5.91 Å². The molecule has 0 unspecified atom stereocenters. The SMILES string of the molecule is Cn1ncc(/C(N)=N/O)c1NC(=O)c1ccncc1O. The summed E-state index contributed by atoms with van der Waals surface area (Å²) in [6.07, 6.45) is 3.88. The van der Waals surface area contributed by atoms with Crippen LogP contribution in [0.5, 0.6) is 5.75 Å². The first-order valence-electron chi connectivity index (χ1n) is 5.48. The first-order valence-corrected chi connectivity index (χ1v) is 5.48. The summed E-state index contributed by atoms with van der Waals surface area (Å²) in [5.74, 6) is -0.771. The van der Waals surface area contributed by atoms with Gasteiger partial charge in [-0.05, 0) is 6.07 Å². The van der Waals surface area contributed by atoms with Crippen molar-refractivity contribution in [2.45, 2.75) is 0 Å². The molecule has 0 fully saturated rings. The van der Waals surface area contributed by atoms with Crippen LogP contribution in [0.2, 0.25) is 0 Å². The molecule has 0 saturated carbocycles. The molecule has 5 N–H and O–H groups in total. The lowest BCUT2D eigenvalue weighted by atomic mass is 10.2. The van der Waals surface area contributed by atoms with Crippen molar-refractivity contribution in [1.82, 2.24) is 14.8 Å². The molecule has 1 amide bonds. The van der Waals surface area contributed by atoms with E-state index in [1.807, 2.05) is 0 Å². The number of anilines is 1. The van der Waals surface area contributed by atoms with Crippen molar-refractivity contribution >= 4 is 17.6 Å². The molecule has 2 aromatic heterocycles. The third-order valence-electron chi connectivity index (χ3n) is 2.60. The van der Waals surface area contributed by atoms with Gasteiger partial charge < -0.3 is 21.4 Å². The number of hydrogen-bond acceptors (Lipinski definition) is 6. The highest BCUT2D eigenvalue weighted by Gasteiger charge is 2.17. The van der Waals surface area contributed by atoms with Crippen LogP contribution in [0, 0.1) is 0 Å². The van der Waals surface area contributed by atoms with E-state index in [1.165, 1.54) is 23.1 Å². The summed E-state index contributed by atoms with van der Waals surface area (Å²) in [5, 5.41) is 27.6. The van der Waals surface area contributed by atoms with Crippen LogP contribution in [0.4, 0.5) is 5.82 Å². The van der Waals surface area contributed by atoms with E-state index in [2.05, 4.69) is 20.6 Å². The van der Waals surface area contributed by atoms with Crippen LogP contribution >= 0.6 is 0 Å². The van der Waals surface area contributed by atoms with Gasteiger partial charge in [-0.15, -0.1) is 0 Å². The van der Waals surface area contributed by atoms with Crippen LogP contribution in [0.15, 0.2) is 29.8 Å². The highest BCUT2D eigenvalue weighted by Crippen LogP contribution is 2.18. The summed E-state index contributed by atoms with van der Waals surface area (Å²) >= 11 is 0. The first kappa shape index (κ1) is 13.3. The number of aromatic hydroxyl groups is 1. The van der Waals surface area contributed by atoms with Crippen LogP contribution in [-0.2, 0) is 7.05 Å². The Morgan fingerprint density at radius 2 is 2.20 bits per heavy atom. The number of amidine groups is 1. The number of nitrogens with two attached hydrogens (primary N) is 1. The Labute approximate surface area is 113 Å². The maximum Gasteiger partial charge on any atom is 0.260 e. The molecule has 0 saturated heterocycles. The maximum absolute atomic E-state index is 12.1. The Kier molecular flexibility index (Phi) is 3.51. The molecule has 2 heterocycles. The third-order valence-corrected chi connectivity index (χ3v) is 2.60. The number of hydrogen-bond donors (Lipinski definition) is 4. The van der Waals surface area contributed by atoms with Gasteiger partial charge in [0.25, 0.3) is 5.91 Å². The zero-order valence-electron chi connectivity index (χ0n) is 10.5. The molecular formula is C11H12N6O3. The molecule has 0 aromatic carbocycles. The predicted molar refractivity (Wildman–Crippen MR) is 69.6 cm³/mol. The maximum atomic E-state index is 12.1. The average molecular weight is 276 g/mol. The number of amides is 1. The second-order valence-electron chi connectivity index (χ2n) is 3.86. The van der Waals surface area contributed by atoms with E-state index in [9.17, 15) is 9.90 Å². The molecule has 2 rings (SSSR count). The molecular weight excluding hydrogens is 264 g/mol. The minimum atomic E-state index is -0.569. The summed E-state index contributed by atoms with van der Waals surface area (Å²) in [4.78, 5) is 15.7. The molecule has 0 aliphatic rings. The minimum Gasteiger partial charge on any atom is -0.505 e. The van der Waals surface area contributed by atoms with Crippen LogP contribution in [0.25, 0.3) is 0 Å². The highest BCUT2D eigenvalue weighted by molar-refractivity contribution is 6.09. The van der Waals surface area contributed by atoms with Gasteiger partial charge in [-0.2, -0.15) is 5.10 Å². The second-order valence-corrected chi connectivity index (χ2v) is 3.86. The molecule has 20 heavy (non-hydrogen) atoms. The van der Waals surface area contributed by atoms with Crippen molar-refractivity contribution in [3.63, 3.8) is 0 Å². The topological polar surface area (TPSA) is 139 Å². The molecule has 0 bridgehead atoms.